The van der Waals surface area contributed by atoms with E-state index in [-0.39, 0.29) is 12.5 Å². The smallest absolute Gasteiger partial charge is 0.239 e. The van der Waals surface area contributed by atoms with Crippen molar-refractivity contribution in [2.24, 2.45) is 4.99 Å². The van der Waals surface area contributed by atoms with Gasteiger partial charge in [-0.3, -0.25) is 9.20 Å². The van der Waals surface area contributed by atoms with Crippen molar-refractivity contribution in [3.63, 3.8) is 0 Å². The van der Waals surface area contributed by atoms with Crippen molar-refractivity contribution >= 4 is 17.5 Å². The molecule has 0 bridgehead atoms. The molecule has 0 radical (unpaired) electrons. The van der Waals surface area contributed by atoms with Crippen molar-refractivity contribution in [1.29, 1.82) is 0 Å². The molecule has 0 saturated carbocycles. The lowest BCUT2D eigenvalue weighted by Gasteiger charge is -2.11. The van der Waals surface area contributed by atoms with Gasteiger partial charge in [0.2, 0.25) is 5.91 Å². The summed E-state index contributed by atoms with van der Waals surface area (Å²) in [6, 6.07) is 15.8. The van der Waals surface area contributed by atoms with E-state index in [1.165, 1.54) is 5.56 Å². The van der Waals surface area contributed by atoms with Gasteiger partial charge in [0.15, 0.2) is 17.4 Å². The van der Waals surface area contributed by atoms with Crippen molar-refractivity contribution in [3.8, 4) is 0 Å². The summed E-state index contributed by atoms with van der Waals surface area (Å²) >= 11 is 0. The fraction of sp³-hybridized carbons (Fsp3) is 0.300. The maximum absolute atomic E-state index is 12.1. The van der Waals surface area contributed by atoms with E-state index >= 15 is 0 Å². The second-order valence-corrected chi connectivity index (χ2v) is 6.18. The minimum absolute atomic E-state index is 0.0746. The van der Waals surface area contributed by atoms with Gasteiger partial charge in [0.05, 0.1) is 6.54 Å². The molecule has 0 aliphatic carbocycles. The molecule has 2 heterocycles. The molecular weight excluding hydrogens is 354 g/mol. The van der Waals surface area contributed by atoms with Gasteiger partial charge in [-0.15, -0.1) is 10.2 Å². The SMILES string of the molecule is CCNC(=NCc1nnc2ccccn12)NCC(=O)NCCc1ccccc1. The van der Waals surface area contributed by atoms with Gasteiger partial charge >= 0.3 is 0 Å². The lowest BCUT2D eigenvalue weighted by Crippen LogP contribution is -2.43. The Hall–Kier alpha value is -3.42. The van der Waals surface area contributed by atoms with Crippen LogP contribution in [0, 0.1) is 0 Å². The zero-order valence-electron chi connectivity index (χ0n) is 15.9. The number of nitrogens with one attached hydrogen (secondary N) is 3. The number of carbonyl (C=O) groups is 1. The van der Waals surface area contributed by atoms with Crippen LogP contribution in [0.15, 0.2) is 59.7 Å². The molecule has 0 fully saturated rings. The maximum Gasteiger partial charge on any atom is 0.239 e. The van der Waals surface area contributed by atoms with E-state index in [0.717, 1.165) is 17.9 Å². The van der Waals surface area contributed by atoms with Gasteiger partial charge in [-0.05, 0) is 31.0 Å². The number of fused-ring (bicyclic) bond motifs is 1. The Bertz CT molecular complexity index is 920. The average Bonchev–Trinajstić information content (AvgIpc) is 3.14. The quantitative estimate of drug-likeness (QED) is 0.403. The fourth-order valence-corrected chi connectivity index (χ4v) is 2.71. The van der Waals surface area contributed by atoms with Crippen molar-refractivity contribution in [2.45, 2.75) is 19.9 Å². The van der Waals surface area contributed by atoms with E-state index in [9.17, 15) is 4.79 Å². The highest BCUT2D eigenvalue weighted by Gasteiger charge is 2.06. The second kappa shape index (κ2) is 10.1. The van der Waals surface area contributed by atoms with E-state index < -0.39 is 0 Å². The molecule has 8 heteroatoms. The van der Waals surface area contributed by atoms with Crippen molar-refractivity contribution in [2.75, 3.05) is 19.6 Å². The Morgan fingerprint density at radius 2 is 1.86 bits per heavy atom. The van der Waals surface area contributed by atoms with Crippen LogP contribution in [0.2, 0.25) is 0 Å². The molecule has 3 aromatic rings. The van der Waals surface area contributed by atoms with Gasteiger partial charge in [-0.25, -0.2) is 4.99 Å². The maximum atomic E-state index is 12.1. The Morgan fingerprint density at radius 3 is 2.68 bits per heavy atom. The van der Waals surface area contributed by atoms with Gasteiger partial charge in [0.1, 0.15) is 6.54 Å². The third-order valence-corrected chi connectivity index (χ3v) is 4.10. The summed E-state index contributed by atoms with van der Waals surface area (Å²) in [5.74, 6) is 1.22. The topological polar surface area (TPSA) is 95.7 Å². The Morgan fingerprint density at radius 1 is 1.04 bits per heavy atom. The molecule has 0 spiro atoms. The first-order chi connectivity index (χ1) is 13.8. The number of aromatic nitrogens is 3. The summed E-state index contributed by atoms with van der Waals surface area (Å²) in [5.41, 5.74) is 1.98. The number of nitrogens with zero attached hydrogens (tertiary/aromatic N) is 4. The van der Waals surface area contributed by atoms with Crippen LogP contribution in [0.1, 0.15) is 18.3 Å². The number of hydrogen-bond donors (Lipinski definition) is 3. The molecule has 0 unspecified atom stereocenters. The monoisotopic (exact) mass is 379 g/mol. The molecule has 28 heavy (non-hydrogen) atoms. The van der Waals surface area contributed by atoms with E-state index in [1.807, 2.05) is 53.9 Å². The van der Waals surface area contributed by atoms with Crippen LogP contribution in [-0.2, 0) is 17.8 Å². The summed E-state index contributed by atoms with van der Waals surface area (Å²) in [6.07, 6.45) is 2.71. The Kier molecular flexibility index (Phi) is 6.95. The molecule has 2 aromatic heterocycles. The summed E-state index contributed by atoms with van der Waals surface area (Å²) in [4.78, 5) is 16.6. The third-order valence-electron chi connectivity index (χ3n) is 4.10. The van der Waals surface area contributed by atoms with Crippen LogP contribution in [0.4, 0.5) is 0 Å². The number of rotatable bonds is 8. The van der Waals surface area contributed by atoms with Crippen LogP contribution in [0.25, 0.3) is 5.65 Å². The Labute approximate surface area is 164 Å². The molecule has 0 saturated heterocycles. The minimum Gasteiger partial charge on any atom is -0.357 e. The minimum atomic E-state index is -0.0746. The van der Waals surface area contributed by atoms with Crippen LogP contribution in [-0.4, -0.2) is 46.1 Å². The predicted molar refractivity (Wildman–Crippen MR) is 109 cm³/mol. The first-order valence-corrected chi connectivity index (χ1v) is 9.37. The van der Waals surface area contributed by atoms with Gasteiger partial charge in [-0.1, -0.05) is 36.4 Å². The second-order valence-electron chi connectivity index (χ2n) is 6.18. The average molecular weight is 379 g/mol. The van der Waals surface area contributed by atoms with Gasteiger partial charge in [0.25, 0.3) is 0 Å². The normalized spacial score (nSPS) is 11.4. The number of amides is 1. The standard InChI is InChI=1S/C20H25N7O/c1-2-21-20(23-14-18-26-25-17-10-6-7-13-27(17)18)24-15-19(28)22-12-11-16-8-4-3-5-9-16/h3-10,13H,2,11-12,14-15H2,1H3,(H,22,28)(H2,21,23,24). The highest BCUT2D eigenvalue weighted by Crippen LogP contribution is 2.03. The van der Waals surface area contributed by atoms with E-state index in [1.54, 1.807) is 0 Å². The molecule has 0 aliphatic heterocycles. The highest BCUT2D eigenvalue weighted by molar-refractivity contribution is 5.86. The summed E-state index contributed by atoms with van der Waals surface area (Å²) < 4.78 is 1.89. The molecule has 1 aromatic carbocycles. The number of pyridine rings is 1. The lowest BCUT2D eigenvalue weighted by atomic mass is 10.1. The number of benzene rings is 1. The molecule has 3 rings (SSSR count). The summed E-state index contributed by atoms with van der Waals surface area (Å²) in [5, 5.41) is 17.4. The molecule has 3 N–H and O–H groups in total. The zero-order valence-corrected chi connectivity index (χ0v) is 15.9. The number of aliphatic imine (C=N–C) groups is 1. The molecule has 8 nitrogen and oxygen atoms in total. The van der Waals surface area contributed by atoms with Gasteiger partial charge in [-0.2, -0.15) is 0 Å². The van der Waals surface area contributed by atoms with Crippen LogP contribution < -0.4 is 16.0 Å². The van der Waals surface area contributed by atoms with Crippen LogP contribution in [0.5, 0.6) is 0 Å². The Balaban J connectivity index is 1.48. The van der Waals surface area contributed by atoms with Crippen LogP contribution >= 0.6 is 0 Å². The molecule has 1 amide bonds. The molecule has 146 valence electrons. The van der Waals surface area contributed by atoms with Crippen LogP contribution in [0.3, 0.4) is 0 Å². The number of carbonyl (C=O) groups excluding carboxylic acids is 1. The lowest BCUT2D eigenvalue weighted by molar-refractivity contribution is -0.119. The molecular formula is C20H25N7O. The third kappa shape index (κ3) is 5.54. The van der Waals surface area contributed by atoms with E-state index in [0.29, 0.717) is 25.6 Å². The van der Waals surface area contributed by atoms with E-state index in [4.69, 9.17) is 0 Å². The number of guanidine groups is 1. The van der Waals surface area contributed by atoms with Gasteiger partial charge in [0, 0.05) is 19.3 Å². The summed E-state index contributed by atoms with van der Waals surface area (Å²) in [7, 11) is 0. The highest BCUT2D eigenvalue weighted by atomic mass is 16.1. The van der Waals surface area contributed by atoms with Crippen molar-refractivity contribution in [3.05, 3.63) is 66.1 Å². The first kappa shape index (κ1) is 19.3. The molecule has 0 atom stereocenters. The number of hydrogen-bond acceptors (Lipinski definition) is 4. The van der Waals surface area contributed by atoms with Crippen molar-refractivity contribution in [1.82, 2.24) is 30.5 Å². The largest absolute Gasteiger partial charge is 0.357 e. The molecule has 0 aliphatic rings. The zero-order chi connectivity index (χ0) is 19.6. The summed E-state index contributed by atoms with van der Waals surface area (Å²) in [6.45, 7) is 3.78. The predicted octanol–water partition coefficient (Wildman–Crippen LogP) is 1.14. The first-order valence-electron chi connectivity index (χ1n) is 9.37. The fourth-order valence-electron chi connectivity index (χ4n) is 2.71. The van der Waals surface area contributed by atoms with Crippen molar-refractivity contribution < 1.29 is 4.79 Å². The van der Waals surface area contributed by atoms with E-state index in [2.05, 4.69) is 43.3 Å². The van der Waals surface area contributed by atoms with Gasteiger partial charge < -0.3 is 16.0 Å².